The lowest BCUT2D eigenvalue weighted by Crippen LogP contribution is -2.18. The maximum absolute atomic E-state index is 11.0. The molecule has 2 heterocycles. The number of pyridine rings is 1. The summed E-state index contributed by atoms with van der Waals surface area (Å²) < 4.78 is 10.3. The third-order valence-electron chi connectivity index (χ3n) is 4.34. The van der Waals surface area contributed by atoms with Gasteiger partial charge in [-0.2, -0.15) is 0 Å². The molecule has 6 heteroatoms. The maximum Gasteiger partial charge on any atom is 0.224 e. The van der Waals surface area contributed by atoms with E-state index in [0.29, 0.717) is 0 Å². The van der Waals surface area contributed by atoms with E-state index in [2.05, 4.69) is 11.9 Å². The first-order valence-corrected chi connectivity index (χ1v) is 9.88. The van der Waals surface area contributed by atoms with Gasteiger partial charge in [-0.1, -0.05) is 25.1 Å². The molecule has 1 unspecified atom stereocenters. The molecule has 0 fully saturated rings. The van der Waals surface area contributed by atoms with E-state index in [9.17, 15) is 4.79 Å². The van der Waals surface area contributed by atoms with Crippen molar-refractivity contribution in [3.05, 3.63) is 65.2 Å². The van der Waals surface area contributed by atoms with E-state index in [1.54, 1.807) is 38.7 Å². The lowest BCUT2D eigenvalue weighted by atomic mass is 10.0. The van der Waals surface area contributed by atoms with E-state index >= 15 is 0 Å². The van der Waals surface area contributed by atoms with Crippen LogP contribution in [-0.2, 0) is 11.2 Å². The van der Waals surface area contributed by atoms with E-state index in [4.69, 9.17) is 15.2 Å². The van der Waals surface area contributed by atoms with E-state index in [1.165, 1.54) is 5.56 Å². The molecule has 0 aliphatic carbocycles. The Morgan fingerprint density at radius 1 is 1.14 bits per heavy atom. The van der Waals surface area contributed by atoms with Crippen LogP contribution in [0.1, 0.15) is 30.9 Å². The molecule has 2 N–H and O–H groups in total. The Morgan fingerprint density at radius 3 is 2.39 bits per heavy atom. The highest BCUT2D eigenvalue weighted by atomic mass is 32.1. The number of ether oxygens (including phenoxy) is 2. The predicted octanol–water partition coefficient (Wildman–Crippen LogP) is 4.67. The van der Waals surface area contributed by atoms with Crippen LogP contribution in [-0.4, -0.2) is 25.1 Å². The van der Waals surface area contributed by atoms with Gasteiger partial charge in [-0.25, -0.2) is 0 Å². The van der Waals surface area contributed by atoms with Crippen LogP contribution in [0, 0.1) is 0 Å². The minimum atomic E-state index is -0.328. The quantitative estimate of drug-likeness (QED) is 0.655. The molecule has 148 valence electrons. The molecule has 3 aromatic rings. The number of carbonyl (C=O) groups excluding carboxylic acids is 1. The van der Waals surface area contributed by atoms with Crippen LogP contribution in [0.25, 0.3) is 10.6 Å². The fourth-order valence-corrected chi connectivity index (χ4v) is 3.20. The average molecular weight is 399 g/mol. The van der Waals surface area contributed by atoms with Gasteiger partial charge in [-0.15, -0.1) is 11.3 Å². The van der Waals surface area contributed by atoms with Gasteiger partial charge in [0, 0.05) is 6.20 Å². The molecule has 0 saturated heterocycles. The minimum Gasteiger partial charge on any atom is -0.493 e. The summed E-state index contributed by atoms with van der Waals surface area (Å²) in [6.45, 7) is 3.89. The van der Waals surface area contributed by atoms with E-state index in [0.717, 1.165) is 34.1 Å². The van der Waals surface area contributed by atoms with Crippen LogP contribution in [0.4, 0.5) is 0 Å². The fraction of sp³-hybridized carbons (Fsp3) is 0.273. The third-order valence-corrected chi connectivity index (χ3v) is 5.24. The molecule has 0 aliphatic rings. The van der Waals surface area contributed by atoms with Crippen molar-refractivity contribution in [2.45, 2.75) is 26.2 Å². The fourth-order valence-electron chi connectivity index (χ4n) is 2.50. The number of carbonyl (C=O) groups is 1. The molecule has 5 nitrogen and oxygen atoms in total. The molecule has 0 radical (unpaired) electrons. The van der Waals surface area contributed by atoms with Gasteiger partial charge in [0.2, 0.25) is 5.91 Å². The minimum absolute atomic E-state index is 0.287. The number of nitrogens with zero attached hydrogens (tertiary/aromatic N) is 1. The Morgan fingerprint density at radius 2 is 1.89 bits per heavy atom. The molecule has 2 aromatic heterocycles. The summed E-state index contributed by atoms with van der Waals surface area (Å²) in [5.41, 5.74) is 8.27. The molecule has 0 saturated carbocycles. The molecule has 1 aromatic carbocycles. The molecule has 0 bridgehead atoms. The summed E-state index contributed by atoms with van der Waals surface area (Å²) in [7, 11) is 3.29. The van der Waals surface area contributed by atoms with Crippen molar-refractivity contribution < 1.29 is 14.3 Å². The number of amides is 1. The normalized spacial score (nSPS) is 11.1. The van der Waals surface area contributed by atoms with Crippen molar-refractivity contribution in [1.82, 2.24) is 4.98 Å². The summed E-state index contributed by atoms with van der Waals surface area (Å²) in [6.07, 6.45) is 2.73. The number of primary amides is 1. The van der Waals surface area contributed by atoms with Crippen molar-refractivity contribution in [2.24, 2.45) is 5.73 Å². The van der Waals surface area contributed by atoms with Crippen LogP contribution in [0.3, 0.4) is 0 Å². The molecule has 0 aliphatic heterocycles. The van der Waals surface area contributed by atoms with E-state index in [1.807, 2.05) is 47.8 Å². The second-order valence-corrected chi connectivity index (χ2v) is 7.07. The predicted molar refractivity (Wildman–Crippen MR) is 114 cm³/mol. The van der Waals surface area contributed by atoms with Gasteiger partial charge in [0.15, 0.2) is 11.5 Å². The van der Waals surface area contributed by atoms with E-state index < -0.39 is 0 Å². The molecule has 0 spiro atoms. The van der Waals surface area contributed by atoms with Crippen molar-refractivity contribution in [1.29, 1.82) is 0 Å². The Balaban J connectivity index is 0.000000209. The zero-order valence-corrected chi connectivity index (χ0v) is 17.5. The average Bonchev–Trinajstić information content (AvgIpc) is 3.28. The van der Waals surface area contributed by atoms with Crippen molar-refractivity contribution in [3.63, 3.8) is 0 Å². The highest BCUT2D eigenvalue weighted by molar-refractivity contribution is 7.13. The summed E-state index contributed by atoms with van der Waals surface area (Å²) in [4.78, 5) is 16.5. The van der Waals surface area contributed by atoms with Gasteiger partial charge in [-0.05, 0) is 54.1 Å². The number of thiophene rings is 1. The van der Waals surface area contributed by atoms with Crippen LogP contribution in [0.15, 0.2) is 54.0 Å². The number of nitrogens with two attached hydrogens (primary N) is 1. The Labute approximate surface area is 170 Å². The van der Waals surface area contributed by atoms with Gasteiger partial charge in [0.05, 0.1) is 30.7 Å². The molecular formula is C22H26N2O3S. The first kappa shape index (κ1) is 21.4. The van der Waals surface area contributed by atoms with Crippen LogP contribution >= 0.6 is 11.3 Å². The maximum atomic E-state index is 11.0. The lowest BCUT2D eigenvalue weighted by molar-refractivity contribution is -0.119. The van der Waals surface area contributed by atoms with Gasteiger partial charge in [0.25, 0.3) is 0 Å². The summed E-state index contributed by atoms with van der Waals surface area (Å²) in [5, 5.41) is 2.01. The highest BCUT2D eigenvalue weighted by Crippen LogP contribution is 2.27. The second kappa shape index (κ2) is 10.5. The first-order valence-electron chi connectivity index (χ1n) is 9.00. The Kier molecular flexibility index (Phi) is 8.02. The smallest absolute Gasteiger partial charge is 0.224 e. The molecule has 1 atom stereocenters. The zero-order valence-electron chi connectivity index (χ0n) is 16.6. The second-order valence-electron chi connectivity index (χ2n) is 6.12. The number of rotatable bonds is 6. The van der Waals surface area contributed by atoms with Crippen LogP contribution in [0.2, 0.25) is 0 Å². The summed E-state index contributed by atoms with van der Waals surface area (Å²) in [6, 6.07) is 13.8. The number of hydrogen-bond donors (Lipinski definition) is 1. The first-order chi connectivity index (χ1) is 13.5. The number of aromatic nitrogens is 1. The highest BCUT2D eigenvalue weighted by Gasteiger charge is 2.12. The van der Waals surface area contributed by atoms with Crippen molar-refractivity contribution in [2.75, 3.05) is 14.2 Å². The van der Waals surface area contributed by atoms with Crippen LogP contribution in [0.5, 0.6) is 11.5 Å². The number of benzene rings is 1. The standard InChI is InChI=1S/C12H12N2OS.C10H14O2/c1-8(12(13)15)9-4-5-10(14-7-9)11-3-2-6-16-11;1-4-8-5-6-9(11-2)10(7-8)12-3/h2-8H,1H3,(H2,13,15);5-7H,4H2,1-3H3. The van der Waals surface area contributed by atoms with Crippen molar-refractivity contribution >= 4 is 17.2 Å². The van der Waals surface area contributed by atoms with Crippen molar-refractivity contribution in [3.8, 4) is 22.1 Å². The van der Waals surface area contributed by atoms with Crippen LogP contribution < -0.4 is 15.2 Å². The lowest BCUT2D eigenvalue weighted by Gasteiger charge is -2.07. The molecule has 28 heavy (non-hydrogen) atoms. The number of methoxy groups -OCH3 is 2. The van der Waals surface area contributed by atoms with E-state index in [-0.39, 0.29) is 11.8 Å². The topological polar surface area (TPSA) is 74.4 Å². The summed E-state index contributed by atoms with van der Waals surface area (Å²) >= 11 is 1.64. The number of aryl methyl sites for hydroxylation is 1. The molecule has 3 rings (SSSR count). The van der Waals surface area contributed by atoms with Gasteiger partial charge < -0.3 is 15.2 Å². The Bertz CT molecular complexity index is 877. The van der Waals surface area contributed by atoms with Gasteiger partial charge in [-0.3, -0.25) is 9.78 Å². The zero-order chi connectivity index (χ0) is 20.5. The number of hydrogen-bond acceptors (Lipinski definition) is 5. The monoisotopic (exact) mass is 398 g/mol. The molecule has 1 amide bonds. The summed E-state index contributed by atoms with van der Waals surface area (Å²) in [5.74, 6) is 0.974. The SMILES string of the molecule is CC(C(N)=O)c1ccc(-c2cccs2)nc1.CCc1ccc(OC)c(OC)c1. The largest absolute Gasteiger partial charge is 0.493 e. The molecular weight excluding hydrogens is 372 g/mol. The van der Waals surface area contributed by atoms with Gasteiger partial charge >= 0.3 is 0 Å². The third kappa shape index (κ3) is 5.57. The van der Waals surface area contributed by atoms with Gasteiger partial charge in [0.1, 0.15) is 0 Å². The Hall–Kier alpha value is -2.86.